The largest absolute Gasteiger partial charge is 0.416 e. The number of H-pyrrole nitrogens is 1. The molecule has 3 N–H and O–H groups in total. The predicted molar refractivity (Wildman–Crippen MR) is 114 cm³/mol. The molecule has 2 heterocycles. The van der Waals surface area contributed by atoms with Crippen molar-refractivity contribution >= 4 is 22.6 Å². The van der Waals surface area contributed by atoms with Crippen LogP contribution in [0.15, 0.2) is 54.6 Å². The van der Waals surface area contributed by atoms with Crippen LogP contribution < -0.4 is 5.32 Å². The fraction of sp³-hybridized carbons (Fsp3) is 0.174. The number of rotatable bonds is 4. The van der Waals surface area contributed by atoms with Crippen LogP contribution >= 0.6 is 0 Å². The minimum absolute atomic E-state index is 0.0930. The molecule has 0 aliphatic heterocycles. The molecule has 1 amide bonds. The second-order valence-corrected chi connectivity index (χ2v) is 7.44. The molecule has 6 nitrogen and oxygen atoms in total. The molecule has 0 radical (unpaired) electrons. The lowest BCUT2D eigenvalue weighted by Gasteiger charge is -2.12. The van der Waals surface area contributed by atoms with E-state index in [4.69, 9.17) is 0 Å². The van der Waals surface area contributed by atoms with Crippen LogP contribution in [0.1, 0.15) is 40.2 Å². The maximum atomic E-state index is 12.9. The number of aromatic nitrogens is 3. The molecular weight excluding hydrogens is 421 g/mol. The molecular formula is C23H19F3N4O2. The Morgan fingerprint density at radius 2 is 1.91 bits per heavy atom. The number of alkyl halides is 3. The van der Waals surface area contributed by atoms with Crippen LogP contribution in [-0.2, 0) is 6.18 Å². The van der Waals surface area contributed by atoms with E-state index in [-0.39, 0.29) is 5.56 Å². The quantitative estimate of drug-likeness (QED) is 0.404. The number of nitrogens with one attached hydrogen (secondary N) is 2. The van der Waals surface area contributed by atoms with E-state index in [0.717, 1.165) is 23.3 Å². The Hall–Kier alpha value is -3.72. The van der Waals surface area contributed by atoms with E-state index in [1.165, 1.54) is 12.1 Å². The van der Waals surface area contributed by atoms with Crippen molar-refractivity contribution in [2.45, 2.75) is 26.1 Å². The monoisotopic (exact) mass is 440 g/mol. The fourth-order valence-electron chi connectivity index (χ4n) is 3.41. The van der Waals surface area contributed by atoms with Gasteiger partial charge in [0.15, 0.2) is 5.65 Å². The highest BCUT2D eigenvalue weighted by Crippen LogP contribution is 2.31. The van der Waals surface area contributed by atoms with Crippen molar-refractivity contribution in [2.75, 3.05) is 5.32 Å². The number of halogens is 3. The van der Waals surface area contributed by atoms with Gasteiger partial charge in [0.25, 0.3) is 5.91 Å². The van der Waals surface area contributed by atoms with Crippen LogP contribution in [0, 0.1) is 6.92 Å². The van der Waals surface area contributed by atoms with Crippen molar-refractivity contribution < 1.29 is 23.1 Å². The summed E-state index contributed by atoms with van der Waals surface area (Å²) in [5.41, 5.74) is 2.70. The first-order valence-corrected chi connectivity index (χ1v) is 9.76. The zero-order valence-electron chi connectivity index (χ0n) is 17.2. The molecule has 32 heavy (non-hydrogen) atoms. The second-order valence-electron chi connectivity index (χ2n) is 7.44. The molecule has 0 saturated heterocycles. The highest BCUT2D eigenvalue weighted by atomic mass is 19.4. The first-order valence-electron chi connectivity index (χ1n) is 9.76. The molecule has 0 fully saturated rings. The van der Waals surface area contributed by atoms with Gasteiger partial charge in [-0.2, -0.15) is 18.3 Å². The summed E-state index contributed by atoms with van der Waals surface area (Å²) in [5.74, 6) is -0.649. The normalized spacial score (nSPS) is 12.7. The standard InChI is InChI=1S/C23H19F3N4O2/c1-12-6-7-16(27-22(32)14-4-3-5-15(10-14)23(24,25)26)11-18(12)19-9-8-17-20(13(2)31)29-30-21(17)28-19/h3-11,13,31H,1-2H3,(H,27,32)(H,28,29,30)/t13-/m1/s1. The average Bonchev–Trinajstić information content (AvgIpc) is 3.18. The third-order valence-corrected chi connectivity index (χ3v) is 5.07. The number of carbonyl (C=O) groups excluding carboxylic acids is 1. The Morgan fingerprint density at radius 1 is 1.12 bits per heavy atom. The highest BCUT2D eigenvalue weighted by molar-refractivity contribution is 6.04. The van der Waals surface area contributed by atoms with Crippen molar-refractivity contribution in [3.63, 3.8) is 0 Å². The molecule has 0 unspecified atom stereocenters. The van der Waals surface area contributed by atoms with Gasteiger partial charge in [0, 0.05) is 22.2 Å². The van der Waals surface area contributed by atoms with Crippen molar-refractivity contribution in [3.8, 4) is 11.3 Å². The van der Waals surface area contributed by atoms with Crippen LogP contribution in [0.5, 0.6) is 0 Å². The minimum atomic E-state index is -4.53. The minimum Gasteiger partial charge on any atom is -0.387 e. The van der Waals surface area contributed by atoms with Gasteiger partial charge in [-0.05, 0) is 61.9 Å². The lowest BCUT2D eigenvalue weighted by molar-refractivity contribution is -0.137. The Labute approximate surface area is 181 Å². The molecule has 0 aliphatic carbocycles. The topological polar surface area (TPSA) is 90.9 Å². The number of amides is 1. The lowest BCUT2D eigenvalue weighted by Crippen LogP contribution is -2.14. The summed E-state index contributed by atoms with van der Waals surface area (Å²) in [6, 6.07) is 13.0. The Kier molecular flexibility index (Phi) is 5.43. The van der Waals surface area contributed by atoms with Crippen molar-refractivity contribution in [3.05, 3.63) is 77.0 Å². The first kappa shape index (κ1) is 21.5. The van der Waals surface area contributed by atoms with Gasteiger partial charge in [0.05, 0.1) is 23.1 Å². The van der Waals surface area contributed by atoms with Crippen LogP contribution in [0.2, 0.25) is 0 Å². The number of pyridine rings is 1. The zero-order chi connectivity index (χ0) is 23.0. The van der Waals surface area contributed by atoms with Crippen LogP contribution in [0.3, 0.4) is 0 Å². The SMILES string of the molecule is Cc1ccc(NC(=O)c2cccc(C(F)(F)F)c2)cc1-c1ccc2c([C@@H](C)O)n[nH]c2n1. The Balaban J connectivity index is 1.63. The average molecular weight is 440 g/mol. The van der Waals surface area contributed by atoms with Gasteiger partial charge in [0.2, 0.25) is 0 Å². The van der Waals surface area contributed by atoms with E-state index in [2.05, 4.69) is 20.5 Å². The number of fused-ring (bicyclic) bond motifs is 1. The summed E-state index contributed by atoms with van der Waals surface area (Å²) in [5, 5.41) is 20.0. The summed E-state index contributed by atoms with van der Waals surface area (Å²) in [6.07, 6.45) is -5.27. The molecule has 9 heteroatoms. The van der Waals surface area contributed by atoms with Gasteiger partial charge < -0.3 is 10.4 Å². The van der Waals surface area contributed by atoms with E-state index in [1.807, 2.05) is 6.92 Å². The Morgan fingerprint density at radius 3 is 2.62 bits per heavy atom. The molecule has 0 spiro atoms. The van der Waals surface area contributed by atoms with E-state index < -0.39 is 23.8 Å². The molecule has 1 atom stereocenters. The van der Waals surface area contributed by atoms with Gasteiger partial charge in [-0.15, -0.1) is 0 Å². The number of hydrogen-bond donors (Lipinski definition) is 3. The molecule has 0 saturated carbocycles. The molecule has 0 aliphatic rings. The first-order chi connectivity index (χ1) is 15.1. The smallest absolute Gasteiger partial charge is 0.387 e. The summed E-state index contributed by atoms with van der Waals surface area (Å²) in [4.78, 5) is 17.1. The predicted octanol–water partition coefficient (Wildman–Crippen LogP) is 5.26. The van der Waals surface area contributed by atoms with E-state index in [9.17, 15) is 23.1 Å². The van der Waals surface area contributed by atoms with Crippen LogP contribution in [-0.4, -0.2) is 26.2 Å². The Bertz CT molecular complexity index is 1310. The fourth-order valence-corrected chi connectivity index (χ4v) is 3.41. The molecule has 2 aromatic carbocycles. The summed E-state index contributed by atoms with van der Waals surface area (Å²) < 4.78 is 38.8. The third-order valence-electron chi connectivity index (χ3n) is 5.07. The van der Waals surface area contributed by atoms with E-state index >= 15 is 0 Å². The third kappa shape index (κ3) is 4.19. The van der Waals surface area contributed by atoms with Crippen LogP contribution in [0.4, 0.5) is 18.9 Å². The number of nitrogens with zero attached hydrogens (tertiary/aromatic N) is 2. The van der Waals surface area contributed by atoms with Gasteiger partial charge in [-0.3, -0.25) is 9.89 Å². The maximum absolute atomic E-state index is 12.9. The number of carbonyl (C=O) groups is 1. The summed E-state index contributed by atoms with van der Waals surface area (Å²) in [7, 11) is 0. The molecule has 0 bridgehead atoms. The van der Waals surface area contributed by atoms with E-state index in [0.29, 0.717) is 28.1 Å². The number of anilines is 1. The molecule has 4 aromatic rings. The number of hydrogen-bond acceptors (Lipinski definition) is 4. The summed E-state index contributed by atoms with van der Waals surface area (Å²) >= 11 is 0. The van der Waals surface area contributed by atoms with Gasteiger partial charge >= 0.3 is 6.18 Å². The molecule has 4 rings (SSSR count). The van der Waals surface area contributed by atoms with Crippen LogP contribution in [0.25, 0.3) is 22.3 Å². The summed E-state index contributed by atoms with van der Waals surface area (Å²) in [6.45, 7) is 3.50. The number of aryl methyl sites for hydroxylation is 1. The maximum Gasteiger partial charge on any atom is 0.416 e. The highest BCUT2D eigenvalue weighted by Gasteiger charge is 2.30. The number of benzene rings is 2. The zero-order valence-corrected chi connectivity index (χ0v) is 17.2. The number of aliphatic hydroxyl groups excluding tert-OH is 1. The number of aromatic amines is 1. The second kappa shape index (κ2) is 8.08. The van der Waals surface area contributed by atoms with Crippen molar-refractivity contribution in [1.82, 2.24) is 15.2 Å². The van der Waals surface area contributed by atoms with Gasteiger partial charge in [0.1, 0.15) is 0 Å². The van der Waals surface area contributed by atoms with Gasteiger partial charge in [-0.25, -0.2) is 4.98 Å². The lowest BCUT2D eigenvalue weighted by atomic mass is 10.0. The number of aliphatic hydroxyl groups is 1. The van der Waals surface area contributed by atoms with Crippen molar-refractivity contribution in [1.29, 1.82) is 0 Å². The molecule has 164 valence electrons. The van der Waals surface area contributed by atoms with Crippen molar-refractivity contribution in [2.24, 2.45) is 0 Å². The van der Waals surface area contributed by atoms with Gasteiger partial charge in [-0.1, -0.05) is 12.1 Å². The molecule has 2 aromatic heterocycles. The van der Waals surface area contributed by atoms with E-state index in [1.54, 1.807) is 37.3 Å².